The second-order valence-corrected chi connectivity index (χ2v) is 3.96. The Bertz CT molecular complexity index is 157. The monoisotopic (exact) mass is 159 g/mol. The van der Waals surface area contributed by atoms with Crippen LogP contribution in [0, 0.1) is 5.41 Å². The molecule has 0 saturated heterocycles. The molecule has 0 saturated carbocycles. The van der Waals surface area contributed by atoms with Crippen molar-refractivity contribution in [1.29, 1.82) is 0 Å². The van der Waals surface area contributed by atoms with Gasteiger partial charge in [0.25, 0.3) is 0 Å². The summed E-state index contributed by atoms with van der Waals surface area (Å²) in [5.41, 5.74) is 5.11. The summed E-state index contributed by atoms with van der Waals surface area (Å²) in [5.74, 6) is -0.123. The van der Waals surface area contributed by atoms with Gasteiger partial charge in [-0.15, -0.1) is 0 Å². The molecule has 0 rings (SSSR count). The Hall–Kier alpha value is -0.440. The van der Waals surface area contributed by atoms with Crippen LogP contribution in [0.2, 0.25) is 0 Å². The van der Waals surface area contributed by atoms with Crippen molar-refractivity contribution in [2.24, 2.45) is 11.1 Å². The third kappa shape index (κ3) is 4.44. The molecule has 0 radical (unpaired) electrons. The van der Waals surface area contributed by atoms with E-state index in [9.17, 15) is 4.79 Å². The number of nitrogens with two attached hydrogens (primary N) is 1. The molecular formula is C7H13NOS. The maximum absolute atomic E-state index is 10.9. The van der Waals surface area contributed by atoms with Crippen LogP contribution in [0.25, 0.3) is 0 Å². The first-order chi connectivity index (χ1) is 4.33. The topological polar surface area (TPSA) is 43.1 Å². The maximum atomic E-state index is 10.9. The van der Waals surface area contributed by atoms with E-state index in [1.54, 1.807) is 0 Å². The van der Waals surface area contributed by atoms with Gasteiger partial charge in [-0.1, -0.05) is 33.0 Å². The van der Waals surface area contributed by atoms with Crippen LogP contribution in [0.5, 0.6) is 0 Å². The lowest BCUT2D eigenvalue weighted by Gasteiger charge is -2.15. The van der Waals surface area contributed by atoms with Gasteiger partial charge in [0, 0.05) is 6.42 Å². The molecule has 0 spiro atoms. The highest BCUT2D eigenvalue weighted by Crippen LogP contribution is 2.18. The zero-order valence-corrected chi connectivity index (χ0v) is 7.42. The molecule has 2 N–H and O–H groups in total. The molecule has 3 heteroatoms. The summed E-state index contributed by atoms with van der Waals surface area (Å²) in [6, 6.07) is 0. The van der Waals surface area contributed by atoms with E-state index in [1.165, 1.54) is 0 Å². The van der Waals surface area contributed by atoms with Gasteiger partial charge in [-0.05, 0) is 5.41 Å². The summed E-state index contributed by atoms with van der Waals surface area (Å²) in [6.07, 6.45) is 0.433. The summed E-state index contributed by atoms with van der Waals surface area (Å²) in [7, 11) is 0. The van der Waals surface area contributed by atoms with E-state index in [0.717, 1.165) is 0 Å². The highest BCUT2D eigenvalue weighted by atomic mass is 32.1. The van der Waals surface area contributed by atoms with Crippen molar-refractivity contribution >= 4 is 23.0 Å². The van der Waals surface area contributed by atoms with Crippen LogP contribution in [0.4, 0.5) is 0 Å². The number of carbonyl (C=O) groups excluding carboxylic acids is 1. The van der Waals surface area contributed by atoms with E-state index >= 15 is 0 Å². The molecule has 0 heterocycles. The fraction of sp³-hybridized carbons (Fsp3) is 0.714. The van der Waals surface area contributed by atoms with Gasteiger partial charge in [-0.2, -0.15) is 0 Å². The minimum absolute atomic E-state index is 0.00470. The average molecular weight is 159 g/mol. The van der Waals surface area contributed by atoms with Crippen LogP contribution in [-0.2, 0) is 4.79 Å². The Balaban J connectivity index is 3.93. The second-order valence-electron chi connectivity index (χ2n) is 3.52. The van der Waals surface area contributed by atoms with Crippen LogP contribution in [0.15, 0.2) is 0 Å². The number of rotatable bonds is 2. The van der Waals surface area contributed by atoms with Gasteiger partial charge in [0.05, 0.1) is 0 Å². The first kappa shape index (κ1) is 9.56. The molecule has 10 heavy (non-hydrogen) atoms. The molecule has 0 fully saturated rings. The molecular weight excluding hydrogens is 146 g/mol. The molecule has 0 aliphatic carbocycles. The molecule has 0 atom stereocenters. The molecule has 0 amide bonds. The van der Waals surface area contributed by atoms with Gasteiger partial charge in [0.1, 0.15) is 4.99 Å². The lowest BCUT2D eigenvalue weighted by atomic mass is 9.90. The number of carbonyl (C=O) groups is 1. The average Bonchev–Trinajstić information content (AvgIpc) is 1.60. The van der Waals surface area contributed by atoms with Gasteiger partial charge in [0.15, 0.2) is 5.78 Å². The van der Waals surface area contributed by atoms with Gasteiger partial charge >= 0.3 is 0 Å². The second kappa shape index (κ2) is 3.10. The van der Waals surface area contributed by atoms with E-state index in [4.69, 9.17) is 5.73 Å². The Morgan fingerprint density at radius 2 is 1.90 bits per heavy atom. The number of thiocarbonyl (C=S) groups is 1. The number of hydrogen-bond donors (Lipinski definition) is 1. The van der Waals surface area contributed by atoms with Crippen molar-refractivity contribution in [2.75, 3.05) is 0 Å². The van der Waals surface area contributed by atoms with Crippen molar-refractivity contribution in [3.63, 3.8) is 0 Å². The van der Waals surface area contributed by atoms with Crippen LogP contribution < -0.4 is 5.73 Å². The van der Waals surface area contributed by atoms with E-state index in [-0.39, 0.29) is 16.2 Å². The van der Waals surface area contributed by atoms with Crippen molar-refractivity contribution in [3.8, 4) is 0 Å². The normalized spacial score (nSPS) is 11.1. The summed E-state index contributed by atoms with van der Waals surface area (Å²) >= 11 is 4.51. The summed E-state index contributed by atoms with van der Waals surface area (Å²) in [4.78, 5) is 10.9. The lowest BCUT2D eigenvalue weighted by Crippen LogP contribution is -2.25. The van der Waals surface area contributed by atoms with Crippen molar-refractivity contribution in [3.05, 3.63) is 0 Å². The van der Waals surface area contributed by atoms with Gasteiger partial charge in [0.2, 0.25) is 0 Å². The number of Topliss-reactive ketones (excluding diaryl/α,β-unsaturated/α-hetero) is 1. The zero-order chi connectivity index (χ0) is 8.36. The third-order valence-corrected chi connectivity index (χ3v) is 1.19. The SMILES string of the molecule is CC(C)(C)CC(=O)C(N)=S. The quantitative estimate of drug-likeness (QED) is 0.617. The fourth-order valence-electron chi connectivity index (χ4n) is 0.569. The molecule has 0 aromatic carbocycles. The van der Waals surface area contributed by atoms with E-state index in [0.29, 0.717) is 6.42 Å². The van der Waals surface area contributed by atoms with Gasteiger partial charge in [-0.3, -0.25) is 4.79 Å². The smallest absolute Gasteiger partial charge is 0.190 e. The van der Waals surface area contributed by atoms with Crippen LogP contribution >= 0.6 is 12.2 Å². The highest BCUT2D eigenvalue weighted by Gasteiger charge is 2.16. The standard InChI is InChI=1S/C7H13NOS/c1-7(2,3)4-5(9)6(8)10/h4H2,1-3H3,(H2,8,10). The van der Waals surface area contributed by atoms with E-state index in [2.05, 4.69) is 12.2 Å². The molecule has 0 unspecified atom stereocenters. The number of hydrogen-bond acceptors (Lipinski definition) is 2. The maximum Gasteiger partial charge on any atom is 0.190 e. The molecule has 0 aromatic rings. The largest absolute Gasteiger partial charge is 0.387 e. The van der Waals surface area contributed by atoms with Crippen LogP contribution in [0.1, 0.15) is 27.2 Å². The highest BCUT2D eigenvalue weighted by molar-refractivity contribution is 7.82. The van der Waals surface area contributed by atoms with Gasteiger partial charge < -0.3 is 5.73 Å². The molecule has 0 aliphatic heterocycles. The predicted octanol–water partition coefficient (Wildman–Crippen LogP) is 1.28. The van der Waals surface area contributed by atoms with Crippen LogP contribution in [-0.4, -0.2) is 10.8 Å². The Kier molecular flexibility index (Phi) is 2.96. The fourth-order valence-corrected chi connectivity index (χ4v) is 0.641. The zero-order valence-electron chi connectivity index (χ0n) is 6.60. The Morgan fingerprint density at radius 3 is 2.00 bits per heavy atom. The summed E-state index contributed by atoms with van der Waals surface area (Å²) in [5, 5.41) is 0. The molecule has 0 aliphatic rings. The minimum Gasteiger partial charge on any atom is -0.387 e. The van der Waals surface area contributed by atoms with Crippen molar-refractivity contribution < 1.29 is 4.79 Å². The van der Waals surface area contributed by atoms with Gasteiger partial charge in [-0.25, -0.2) is 0 Å². The molecule has 58 valence electrons. The van der Waals surface area contributed by atoms with E-state index in [1.807, 2.05) is 20.8 Å². The molecule has 0 bridgehead atoms. The predicted molar refractivity (Wildman–Crippen MR) is 45.9 cm³/mol. The minimum atomic E-state index is -0.123. The Labute approximate surface area is 66.8 Å². The first-order valence-electron chi connectivity index (χ1n) is 3.15. The Morgan fingerprint density at radius 1 is 1.50 bits per heavy atom. The summed E-state index contributed by atoms with van der Waals surface area (Å²) in [6.45, 7) is 5.93. The number of ketones is 1. The third-order valence-electron chi connectivity index (χ3n) is 0.966. The van der Waals surface area contributed by atoms with Crippen molar-refractivity contribution in [1.82, 2.24) is 0 Å². The van der Waals surface area contributed by atoms with Crippen molar-refractivity contribution in [2.45, 2.75) is 27.2 Å². The lowest BCUT2D eigenvalue weighted by molar-refractivity contribution is -0.114. The summed E-state index contributed by atoms with van der Waals surface area (Å²) < 4.78 is 0. The van der Waals surface area contributed by atoms with Crippen LogP contribution in [0.3, 0.4) is 0 Å². The first-order valence-corrected chi connectivity index (χ1v) is 3.56. The molecule has 2 nitrogen and oxygen atoms in total. The molecule has 0 aromatic heterocycles. The van der Waals surface area contributed by atoms with E-state index < -0.39 is 0 Å².